The van der Waals surface area contributed by atoms with Crippen LogP contribution in [0.1, 0.15) is 18.9 Å². The van der Waals surface area contributed by atoms with Crippen molar-refractivity contribution in [2.75, 3.05) is 11.9 Å². The highest BCUT2D eigenvalue weighted by Crippen LogP contribution is 2.16. The van der Waals surface area contributed by atoms with Crippen LogP contribution >= 0.6 is 0 Å². The molecule has 0 saturated heterocycles. The number of amides is 1. The highest BCUT2D eigenvalue weighted by Gasteiger charge is 1.99. The Morgan fingerprint density at radius 2 is 1.81 bits per heavy atom. The number of hydrogen-bond acceptors (Lipinski definition) is 2. The predicted octanol–water partition coefficient (Wildman–Crippen LogP) is 4.13. The van der Waals surface area contributed by atoms with Crippen molar-refractivity contribution in [2.45, 2.75) is 13.3 Å². The molecule has 0 aliphatic carbocycles. The molecule has 3 nitrogen and oxygen atoms in total. The summed E-state index contributed by atoms with van der Waals surface area (Å²) in [5.74, 6) is 0.663. The largest absolute Gasteiger partial charge is 0.494 e. The van der Waals surface area contributed by atoms with Gasteiger partial charge in [0.15, 0.2) is 0 Å². The monoisotopic (exact) mass is 281 g/mol. The van der Waals surface area contributed by atoms with Gasteiger partial charge in [0.2, 0.25) is 5.91 Å². The van der Waals surface area contributed by atoms with E-state index < -0.39 is 0 Å². The molecule has 0 spiro atoms. The Kier molecular flexibility index (Phi) is 5.59. The van der Waals surface area contributed by atoms with Crippen LogP contribution in [0.3, 0.4) is 0 Å². The normalized spacial score (nSPS) is 10.5. The molecule has 0 radical (unpaired) electrons. The van der Waals surface area contributed by atoms with E-state index in [2.05, 4.69) is 12.2 Å². The molecule has 0 atom stereocenters. The minimum atomic E-state index is -0.152. The lowest BCUT2D eigenvalue weighted by molar-refractivity contribution is -0.111. The summed E-state index contributed by atoms with van der Waals surface area (Å²) < 4.78 is 5.49. The minimum Gasteiger partial charge on any atom is -0.494 e. The molecular weight excluding hydrogens is 262 g/mol. The van der Waals surface area contributed by atoms with E-state index in [0.29, 0.717) is 6.61 Å². The Balaban J connectivity index is 1.89. The molecule has 1 amide bonds. The molecule has 0 heterocycles. The molecule has 2 aromatic carbocycles. The molecule has 21 heavy (non-hydrogen) atoms. The van der Waals surface area contributed by atoms with E-state index in [4.69, 9.17) is 4.74 Å². The highest BCUT2D eigenvalue weighted by molar-refractivity contribution is 6.01. The maximum absolute atomic E-state index is 11.8. The van der Waals surface area contributed by atoms with Gasteiger partial charge in [-0.15, -0.1) is 0 Å². The quantitative estimate of drug-likeness (QED) is 0.809. The maximum atomic E-state index is 11.8. The predicted molar refractivity (Wildman–Crippen MR) is 86.3 cm³/mol. The second-order valence-corrected chi connectivity index (χ2v) is 4.61. The second-order valence-electron chi connectivity index (χ2n) is 4.61. The molecule has 2 rings (SSSR count). The zero-order chi connectivity index (χ0) is 14.9. The van der Waals surface area contributed by atoms with Gasteiger partial charge in [0.05, 0.1) is 6.61 Å². The Hall–Kier alpha value is -2.55. The van der Waals surface area contributed by atoms with E-state index in [1.807, 2.05) is 54.6 Å². The molecule has 0 saturated carbocycles. The summed E-state index contributed by atoms with van der Waals surface area (Å²) in [5.41, 5.74) is 1.75. The number of benzene rings is 2. The standard InChI is InChI=1S/C18H19NO2/c1-2-14-21-17-11-9-16(10-12-17)19-18(20)13-8-15-6-4-3-5-7-15/h3-13H,2,14H2,1H3,(H,19,20). The van der Waals surface area contributed by atoms with Crippen LogP contribution < -0.4 is 10.1 Å². The van der Waals surface area contributed by atoms with Gasteiger partial charge >= 0.3 is 0 Å². The van der Waals surface area contributed by atoms with Crippen molar-refractivity contribution in [1.82, 2.24) is 0 Å². The lowest BCUT2D eigenvalue weighted by atomic mass is 10.2. The molecule has 1 N–H and O–H groups in total. The van der Waals surface area contributed by atoms with Gasteiger partial charge in [0.1, 0.15) is 5.75 Å². The van der Waals surface area contributed by atoms with Crippen LogP contribution in [0.5, 0.6) is 5.75 Å². The summed E-state index contributed by atoms with van der Waals surface area (Å²) >= 11 is 0. The van der Waals surface area contributed by atoms with Crippen molar-refractivity contribution in [3.05, 3.63) is 66.2 Å². The van der Waals surface area contributed by atoms with E-state index in [-0.39, 0.29) is 5.91 Å². The van der Waals surface area contributed by atoms with Crippen LogP contribution in [0.25, 0.3) is 6.08 Å². The fourth-order valence-electron chi connectivity index (χ4n) is 1.77. The molecule has 2 aromatic rings. The number of ether oxygens (including phenoxy) is 1. The van der Waals surface area contributed by atoms with Crippen LogP contribution in [-0.4, -0.2) is 12.5 Å². The lowest BCUT2D eigenvalue weighted by Crippen LogP contribution is -2.07. The van der Waals surface area contributed by atoms with Gasteiger partial charge in [-0.1, -0.05) is 37.3 Å². The summed E-state index contributed by atoms with van der Waals surface area (Å²) in [7, 11) is 0. The number of nitrogens with one attached hydrogen (secondary N) is 1. The zero-order valence-electron chi connectivity index (χ0n) is 12.1. The second kappa shape index (κ2) is 7.90. The summed E-state index contributed by atoms with van der Waals surface area (Å²) in [5, 5.41) is 2.81. The first kappa shape index (κ1) is 14.9. The first-order valence-corrected chi connectivity index (χ1v) is 7.05. The van der Waals surface area contributed by atoms with Gasteiger partial charge in [-0.3, -0.25) is 4.79 Å². The van der Waals surface area contributed by atoms with Crippen molar-refractivity contribution in [3.8, 4) is 5.75 Å². The van der Waals surface area contributed by atoms with Crippen LogP contribution in [0.4, 0.5) is 5.69 Å². The molecule has 0 aliphatic heterocycles. The number of anilines is 1. The Morgan fingerprint density at radius 3 is 2.48 bits per heavy atom. The van der Waals surface area contributed by atoms with Crippen LogP contribution in [0.2, 0.25) is 0 Å². The molecule has 0 bridgehead atoms. The minimum absolute atomic E-state index is 0.152. The van der Waals surface area contributed by atoms with E-state index in [0.717, 1.165) is 23.4 Å². The first-order chi connectivity index (χ1) is 10.3. The summed E-state index contributed by atoms with van der Waals surface area (Å²) in [6, 6.07) is 17.1. The Labute approximate surface area is 125 Å². The van der Waals surface area contributed by atoms with Crippen molar-refractivity contribution in [1.29, 1.82) is 0 Å². The Bertz CT molecular complexity index is 588. The van der Waals surface area contributed by atoms with Crippen LogP contribution in [-0.2, 0) is 4.79 Å². The van der Waals surface area contributed by atoms with Crippen molar-refractivity contribution >= 4 is 17.7 Å². The molecular formula is C18H19NO2. The van der Waals surface area contributed by atoms with Crippen molar-refractivity contribution in [2.24, 2.45) is 0 Å². The van der Waals surface area contributed by atoms with Gasteiger partial charge in [-0.2, -0.15) is 0 Å². The fourth-order valence-corrected chi connectivity index (χ4v) is 1.77. The lowest BCUT2D eigenvalue weighted by Gasteiger charge is -2.06. The third kappa shape index (κ3) is 5.15. The number of rotatable bonds is 6. The van der Waals surface area contributed by atoms with Gasteiger partial charge in [0.25, 0.3) is 0 Å². The van der Waals surface area contributed by atoms with Crippen molar-refractivity contribution < 1.29 is 9.53 Å². The molecule has 0 unspecified atom stereocenters. The number of carbonyl (C=O) groups excluding carboxylic acids is 1. The van der Waals surface area contributed by atoms with E-state index >= 15 is 0 Å². The first-order valence-electron chi connectivity index (χ1n) is 7.05. The molecule has 3 heteroatoms. The fraction of sp³-hybridized carbons (Fsp3) is 0.167. The molecule has 0 fully saturated rings. The summed E-state index contributed by atoms with van der Waals surface area (Å²) in [6.07, 6.45) is 4.29. The third-order valence-electron chi connectivity index (χ3n) is 2.82. The number of carbonyl (C=O) groups is 1. The van der Waals surface area contributed by atoms with Gasteiger partial charge in [-0.25, -0.2) is 0 Å². The van der Waals surface area contributed by atoms with Gasteiger partial charge in [-0.05, 0) is 42.3 Å². The van der Waals surface area contributed by atoms with Gasteiger partial charge in [0, 0.05) is 11.8 Å². The average Bonchev–Trinajstić information content (AvgIpc) is 2.53. The zero-order valence-corrected chi connectivity index (χ0v) is 12.1. The summed E-state index contributed by atoms with van der Waals surface area (Å²) in [6.45, 7) is 2.76. The van der Waals surface area contributed by atoms with E-state index in [9.17, 15) is 4.79 Å². The topological polar surface area (TPSA) is 38.3 Å². The molecule has 0 aliphatic rings. The van der Waals surface area contributed by atoms with E-state index in [1.165, 1.54) is 6.08 Å². The smallest absolute Gasteiger partial charge is 0.248 e. The van der Waals surface area contributed by atoms with E-state index in [1.54, 1.807) is 6.08 Å². The SMILES string of the molecule is CCCOc1ccc(NC(=O)C=Cc2ccccc2)cc1. The molecule has 108 valence electrons. The number of hydrogen-bond donors (Lipinski definition) is 1. The maximum Gasteiger partial charge on any atom is 0.248 e. The highest BCUT2D eigenvalue weighted by atomic mass is 16.5. The van der Waals surface area contributed by atoms with Gasteiger partial charge < -0.3 is 10.1 Å². The van der Waals surface area contributed by atoms with Crippen LogP contribution in [0.15, 0.2) is 60.7 Å². The average molecular weight is 281 g/mol. The Morgan fingerprint density at radius 1 is 1.10 bits per heavy atom. The van der Waals surface area contributed by atoms with Crippen molar-refractivity contribution in [3.63, 3.8) is 0 Å². The summed E-state index contributed by atoms with van der Waals surface area (Å²) in [4.78, 5) is 11.8. The third-order valence-corrected chi connectivity index (χ3v) is 2.82. The molecule has 0 aromatic heterocycles. The van der Waals surface area contributed by atoms with Crippen LogP contribution in [0, 0.1) is 0 Å².